The third-order valence-corrected chi connectivity index (χ3v) is 4.10. The van der Waals surface area contributed by atoms with Gasteiger partial charge in [0.2, 0.25) is 5.91 Å². The maximum atomic E-state index is 12.4. The number of hydrogen-bond acceptors (Lipinski definition) is 5. The molecule has 0 bridgehead atoms. The van der Waals surface area contributed by atoms with Gasteiger partial charge in [-0.15, -0.1) is 0 Å². The van der Waals surface area contributed by atoms with E-state index in [-0.39, 0.29) is 24.8 Å². The van der Waals surface area contributed by atoms with E-state index in [0.717, 1.165) is 5.56 Å². The van der Waals surface area contributed by atoms with Crippen LogP contribution in [0, 0.1) is 0 Å². The summed E-state index contributed by atoms with van der Waals surface area (Å²) in [5, 5.41) is 14.8. The largest absolute Gasteiger partial charge is 0.493 e. The van der Waals surface area contributed by atoms with E-state index in [9.17, 15) is 14.7 Å². The number of amides is 2. The van der Waals surface area contributed by atoms with Crippen molar-refractivity contribution >= 4 is 17.5 Å². The Bertz CT molecular complexity index is 831. The Morgan fingerprint density at radius 1 is 1.00 bits per heavy atom. The van der Waals surface area contributed by atoms with Crippen molar-refractivity contribution in [2.45, 2.75) is 25.8 Å². The molecule has 2 rings (SSSR count). The molecule has 0 aliphatic rings. The van der Waals surface area contributed by atoms with E-state index in [0.29, 0.717) is 22.7 Å². The van der Waals surface area contributed by atoms with E-state index in [1.807, 2.05) is 0 Å². The van der Waals surface area contributed by atoms with Crippen LogP contribution in [0.5, 0.6) is 11.5 Å². The van der Waals surface area contributed by atoms with Gasteiger partial charge in [0, 0.05) is 11.3 Å². The molecule has 2 aromatic carbocycles. The highest BCUT2D eigenvalue weighted by Crippen LogP contribution is 2.27. The number of rotatable bonds is 8. The molecule has 0 fully saturated rings. The molecule has 3 N–H and O–H groups in total. The van der Waals surface area contributed by atoms with Gasteiger partial charge in [-0.2, -0.15) is 0 Å². The van der Waals surface area contributed by atoms with Gasteiger partial charge in [-0.1, -0.05) is 12.1 Å². The Morgan fingerprint density at radius 3 is 2.21 bits per heavy atom. The maximum absolute atomic E-state index is 12.4. The van der Waals surface area contributed by atoms with Crippen LogP contribution in [0.1, 0.15) is 29.8 Å². The van der Waals surface area contributed by atoms with Gasteiger partial charge >= 0.3 is 0 Å². The third kappa shape index (κ3) is 5.72. The van der Waals surface area contributed by atoms with E-state index in [2.05, 4.69) is 10.6 Å². The van der Waals surface area contributed by atoms with Crippen LogP contribution in [-0.2, 0) is 11.2 Å². The Balaban J connectivity index is 2.00. The van der Waals surface area contributed by atoms with Gasteiger partial charge in [0.15, 0.2) is 11.5 Å². The number of aliphatic hydroxyl groups excluding tert-OH is 1. The number of carbonyl (C=O) groups is 2. The minimum absolute atomic E-state index is 0.139. The summed E-state index contributed by atoms with van der Waals surface area (Å²) in [6, 6.07) is 11.9. The maximum Gasteiger partial charge on any atom is 0.255 e. The number of carbonyl (C=O) groups excluding carboxylic acids is 2. The van der Waals surface area contributed by atoms with Crippen LogP contribution in [0.25, 0.3) is 0 Å². The summed E-state index contributed by atoms with van der Waals surface area (Å²) < 4.78 is 10.4. The zero-order chi connectivity index (χ0) is 20.7. The molecule has 0 saturated carbocycles. The molecule has 2 aromatic rings. The van der Waals surface area contributed by atoms with E-state index >= 15 is 0 Å². The smallest absolute Gasteiger partial charge is 0.255 e. The van der Waals surface area contributed by atoms with Gasteiger partial charge in [0.25, 0.3) is 5.91 Å². The number of anilines is 1. The number of benzene rings is 2. The second-order valence-corrected chi connectivity index (χ2v) is 6.99. The molecule has 0 aliphatic carbocycles. The molecule has 0 saturated heterocycles. The molecule has 2 amide bonds. The summed E-state index contributed by atoms with van der Waals surface area (Å²) in [6.45, 7) is 3.36. The van der Waals surface area contributed by atoms with Crippen molar-refractivity contribution < 1.29 is 24.2 Å². The zero-order valence-corrected chi connectivity index (χ0v) is 16.5. The van der Waals surface area contributed by atoms with Crippen molar-refractivity contribution in [3.05, 3.63) is 53.6 Å². The van der Waals surface area contributed by atoms with Crippen molar-refractivity contribution in [3.63, 3.8) is 0 Å². The molecular weight excluding hydrogens is 360 g/mol. The summed E-state index contributed by atoms with van der Waals surface area (Å²) in [6.07, 6.45) is 0.188. The number of hydrogen-bond donors (Lipinski definition) is 3. The Morgan fingerprint density at radius 2 is 1.64 bits per heavy atom. The molecule has 7 heteroatoms. The van der Waals surface area contributed by atoms with E-state index in [1.54, 1.807) is 56.3 Å². The number of methoxy groups -OCH3 is 2. The predicted octanol–water partition coefficient (Wildman–Crippen LogP) is 2.39. The predicted molar refractivity (Wildman–Crippen MR) is 107 cm³/mol. The second-order valence-electron chi connectivity index (χ2n) is 6.99. The standard InChI is InChI=1S/C21H26N2O5/c1-21(2,13-24)23-19(25)11-14-5-8-16(9-6-14)22-20(26)15-7-10-17(27-3)18(12-15)28-4/h5-10,12,24H,11,13H2,1-4H3,(H,22,26)(H,23,25). The first kappa shape index (κ1) is 21.2. The highest BCUT2D eigenvalue weighted by atomic mass is 16.5. The molecule has 28 heavy (non-hydrogen) atoms. The topological polar surface area (TPSA) is 96.9 Å². The van der Waals surface area contributed by atoms with Gasteiger partial charge in [-0.25, -0.2) is 0 Å². The molecule has 0 radical (unpaired) electrons. The average Bonchev–Trinajstić information content (AvgIpc) is 2.68. The van der Waals surface area contributed by atoms with Crippen LogP contribution in [0.15, 0.2) is 42.5 Å². The van der Waals surface area contributed by atoms with E-state index in [1.165, 1.54) is 14.2 Å². The molecular formula is C21H26N2O5. The number of nitrogens with one attached hydrogen (secondary N) is 2. The van der Waals surface area contributed by atoms with Crippen LogP contribution in [0.4, 0.5) is 5.69 Å². The molecule has 0 unspecified atom stereocenters. The minimum Gasteiger partial charge on any atom is -0.493 e. The molecule has 0 spiro atoms. The van der Waals surface area contributed by atoms with Gasteiger partial charge in [-0.05, 0) is 49.7 Å². The lowest BCUT2D eigenvalue weighted by Crippen LogP contribution is -2.46. The van der Waals surface area contributed by atoms with E-state index in [4.69, 9.17) is 9.47 Å². The Hall–Kier alpha value is -3.06. The van der Waals surface area contributed by atoms with Crippen molar-refractivity contribution in [1.29, 1.82) is 0 Å². The fourth-order valence-electron chi connectivity index (χ4n) is 2.53. The quantitative estimate of drug-likeness (QED) is 0.647. The van der Waals surface area contributed by atoms with Gasteiger partial charge in [0.05, 0.1) is 32.8 Å². The van der Waals surface area contributed by atoms with Crippen molar-refractivity contribution in [2.75, 3.05) is 26.1 Å². The van der Waals surface area contributed by atoms with Gasteiger partial charge in [-0.3, -0.25) is 9.59 Å². The first-order valence-corrected chi connectivity index (χ1v) is 8.82. The van der Waals surface area contributed by atoms with Crippen LogP contribution in [-0.4, -0.2) is 43.3 Å². The fourth-order valence-corrected chi connectivity index (χ4v) is 2.53. The summed E-state index contributed by atoms with van der Waals surface area (Å²) in [4.78, 5) is 24.5. The lowest BCUT2D eigenvalue weighted by atomic mass is 10.1. The third-order valence-electron chi connectivity index (χ3n) is 4.10. The Kier molecular flexibility index (Phi) is 7.00. The highest BCUT2D eigenvalue weighted by molar-refractivity contribution is 6.04. The molecule has 7 nitrogen and oxygen atoms in total. The second kappa shape index (κ2) is 9.23. The van der Waals surface area contributed by atoms with Crippen molar-refractivity contribution in [2.24, 2.45) is 0 Å². The fraction of sp³-hybridized carbons (Fsp3) is 0.333. The highest BCUT2D eigenvalue weighted by Gasteiger charge is 2.19. The zero-order valence-electron chi connectivity index (χ0n) is 16.5. The van der Waals surface area contributed by atoms with E-state index < -0.39 is 5.54 Å². The Labute approximate surface area is 164 Å². The first-order chi connectivity index (χ1) is 13.3. The molecule has 0 atom stereocenters. The first-order valence-electron chi connectivity index (χ1n) is 8.82. The van der Waals surface area contributed by atoms with Crippen LogP contribution >= 0.6 is 0 Å². The lowest BCUT2D eigenvalue weighted by molar-refractivity contribution is -0.122. The molecule has 0 heterocycles. The summed E-state index contributed by atoms with van der Waals surface area (Å²) in [5.74, 6) is 0.561. The van der Waals surface area contributed by atoms with Crippen LogP contribution < -0.4 is 20.1 Å². The van der Waals surface area contributed by atoms with Crippen LogP contribution in [0.3, 0.4) is 0 Å². The molecule has 0 aliphatic heterocycles. The summed E-state index contributed by atoms with van der Waals surface area (Å²) >= 11 is 0. The summed E-state index contributed by atoms with van der Waals surface area (Å²) in [7, 11) is 3.04. The molecule has 150 valence electrons. The van der Waals surface area contributed by atoms with Crippen molar-refractivity contribution in [3.8, 4) is 11.5 Å². The monoisotopic (exact) mass is 386 g/mol. The SMILES string of the molecule is COc1ccc(C(=O)Nc2ccc(CC(=O)NC(C)(C)CO)cc2)cc1OC. The molecule has 0 aromatic heterocycles. The average molecular weight is 386 g/mol. The number of aliphatic hydroxyl groups is 1. The van der Waals surface area contributed by atoms with Crippen molar-refractivity contribution in [1.82, 2.24) is 5.32 Å². The minimum atomic E-state index is -0.662. The lowest BCUT2D eigenvalue weighted by Gasteiger charge is -2.23. The van der Waals surface area contributed by atoms with Gasteiger partial charge in [0.1, 0.15) is 0 Å². The van der Waals surface area contributed by atoms with Gasteiger partial charge < -0.3 is 25.2 Å². The number of ether oxygens (including phenoxy) is 2. The normalized spacial score (nSPS) is 10.9. The van der Waals surface area contributed by atoms with Crippen LogP contribution in [0.2, 0.25) is 0 Å². The summed E-state index contributed by atoms with van der Waals surface area (Å²) in [5.41, 5.74) is 1.19.